The lowest BCUT2D eigenvalue weighted by molar-refractivity contribution is -0.302. The van der Waals surface area contributed by atoms with Crippen LogP contribution in [0.25, 0.3) is 0 Å². The van der Waals surface area contributed by atoms with Crippen LogP contribution in [0.1, 0.15) is 219 Å². The molecular formula is C48H91NO8. The molecule has 1 rings (SSSR count). The van der Waals surface area contributed by atoms with Crippen molar-refractivity contribution in [2.75, 3.05) is 13.2 Å². The first-order valence-electron chi connectivity index (χ1n) is 24.1. The molecule has 1 saturated heterocycles. The van der Waals surface area contributed by atoms with Crippen molar-refractivity contribution in [3.63, 3.8) is 0 Å². The predicted octanol–water partition coefficient (Wildman–Crippen LogP) is 10.3. The third-order valence-corrected chi connectivity index (χ3v) is 11.5. The molecule has 1 fully saturated rings. The molecule has 0 bridgehead atoms. The summed E-state index contributed by atoms with van der Waals surface area (Å²) >= 11 is 0. The highest BCUT2D eigenvalue weighted by Crippen LogP contribution is 2.23. The standard InChI is InChI=1S/C48H91NO8/c1-3-5-7-9-11-13-15-17-18-19-20-21-22-23-24-26-28-30-32-34-36-38-44(52)49-41(40-56-48-47(55)46(54)45(53)43(39-50)57-48)42(51)37-35-33-31-29-27-25-16-14-12-10-8-6-4-2/h17-18,35,37,41-43,45-48,50-51,53-55H,3-16,19-34,36,38-40H2,1-2H3,(H,49,52)/b18-17+,37-35+/t41-,42+,43+,45+,46-,47+,48+/m0/s1. The van der Waals surface area contributed by atoms with Crippen LogP contribution in [0.4, 0.5) is 0 Å². The Morgan fingerprint density at radius 3 is 1.42 bits per heavy atom. The van der Waals surface area contributed by atoms with Gasteiger partial charge in [0.05, 0.1) is 25.4 Å². The van der Waals surface area contributed by atoms with Crippen molar-refractivity contribution in [1.29, 1.82) is 0 Å². The van der Waals surface area contributed by atoms with Crippen LogP contribution in [0.5, 0.6) is 0 Å². The van der Waals surface area contributed by atoms with Crippen LogP contribution in [-0.4, -0.2) is 87.5 Å². The van der Waals surface area contributed by atoms with Crippen molar-refractivity contribution in [2.24, 2.45) is 0 Å². The monoisotopic (exact) mass is 810 g/mol. The molecule has 7 atom stereocenters. The van der Waals surface area contributed by atoms with Crippen molar-refractivity contribution in [3.8, 4) is 0 Å². The van der Waals surface area contributed by atoms with E-state index in [1.54, 1.807) is 6.08 Å². The number of carbonyl (C=O) groups excluding carboxylic acids is 1. The van der Waals surface area contributed by atoms with Gasteiger partial charge >= 0.3 is 0 Å². The maximum atomic E-state index is 13.0. The van der Waals surface area contributed by atoms with Gasteiger partial charge in [-0.25, -0.2) is 0 Å². The number of carbonyl (C=O) groups is 1. The molecule has 1 aliphatic rings. The molecule has 0 aromatic heterocycles. The lowest BCUT2D eigenvalue weighted by atomic mass is 9.99. The third-order valence-electron chi connectivity index (χ3n) is 11.5. The van der Waals surface area contributed by atoms with Crippen LogP contribution in [0.3, 0.4) is 0 Å². The van der Waals surface area contributed by atoms with E-state index in [2.05, 4.69) is 31.3 Å². The molecule has 1 amide bonds. The number of allylic oxidation sites excluding steroid dienone is 3. The molecule has 1 aliphatic heterocycles. The average Bonchev–Trinajstić information content (AvgIpc) is 3.21. The Bertz CT molecular complexity index is 945. The number of amides is 1. The highest BCUT2D eigenvalue weighted by atomic mass is 16.7. The van der Waals surface area contributed by atoms with Crippen LogP contribution in [-0.2, 0) is 14.3 Å². The van der Waals surface area contributed by atoms with Crippen molar-refractivity contribution in [3.05, 3.63) is 24.3 Å². The number of nitrogens with one attached hydrogen (secondary N) is 1. The summed E-state index contributed by atoms with van der Waals surface area (Å²) in [6.07, 6.45) is 39.3. The van der Waals surface area contributed by atoms with Gasteiger partial charge in [-0.1, -0.05) is 192 Å². The van der Waals surface area contributed by atoms with Gasteiger partial charge in [0.1, 0.15) is 24.4 Å². The summed E-state index contributed by atoms with van der Waals surface area (Å²) < 4.78 is 11.2. The third kappa shape index (κ3) is 29.5. The molecule has 0 aromatic carbocycles. The summed E-state index contributed by atoms with van der Waals surface area (Å²) in [6, 6.07) is -0.801. The fourth-order valence-corrected chi connectivity index (χ4v) is 7.62. The van der Waals surface area contributed by atoms with Crippen LogP contribution in [0.2, 0.25) is 0 Å². The quantitative estimate of drug-likeness (QED) is 0.0265. The smallest absolute Gasteiger partial charge is 0.220 e. The predicted molar refractivity (Wildman–Crippen MR) is 235 cm³/mol. The van der Waals surface area contributed by atoms with Crippen molar-refractivity contribution < 1.29 is 39.8 Å². The van der Waals surface area contributed by atoms with E-state index in [9.17, 15) is 30.3 Å². The van der Waals surface area contributed by atoms with Gasteiger partial charge in [0.25, 0.3) is 0 Å². The second-order valence-electron chi connectivity index (χ2n) is 16.9. The Labute approximate surface area is 349 Å². The second kappa shape index (κ2) is 38.8. The Morgan fingerprint density at radius 1 is 0.579 bits per heavy atom. The van der Waals surface area contributed by atoms with Gasteiger partial charge in [-0.15, -0.1) is 0 Å². The second-order valence-corrected chi connectivity index (χ2v) is 16.9. The summed E-state index contributed by atoms with van der Waals surface area (Å²) in [5, 5.41) is 54.2. The minimum absolute atomic E-state index is 0.177. The van der Waals surface area contributed by atoms with Crippen LogP contribution in [0.15, 0.2) is 24.3 Å². The first kappa shape index (κ1) is 53.7. The number of hydrogen-bond donors (Lipinski definition) is 6. The van der Waals surface area contributed by atoms with Crippen LogP contribution >= 0.6 is 0 Å². The fraction of sp³-hybridized carbons (Fsp3) is 0.896. The van der Waals surface area contributed by atoms with Crippen molar-refractivity contribution in [1.82, 2.24) is 5.32 Å². The number of aliphatic hydroxyl groups excluding tert-OH is 5. The zero-order valence-corrected chi connectivity index (χ0v) is 36.9. The van der Waals surface area contributed by atoms with E-state index >= 15 is 0 Å². The lowest BCUT2D eigenvalue weighted by Gasteiger charge is -2.40. The highest BCUT2D eigenvalue weighted by Gasteiger charge is 2.44. The molecule has 1 heterocycles. The number of ether oxygens (including phenoxy) is 2. The normalized spacial score (nSPS) is 21.1. The van der Waals surface area contributed by atoms with E-state index in [1.165, 1.54) is 161 Å². The molecule has 0 radical (unpaired) electrons. The highest BCUT2D eigenvalue weighted by molar-refractivity contribution is 5.76. The number of hydrogen-bond acceptors (Lipinski definition) is 8. The zero-order valence-electron chi connectivity index (χ0n) is 36.9. The van der Waals surface area contributed by atoms with Gasteiger partial charge in [0.15, 0.2) is 6.29 Å². The molecular weight excluding hydrogens is 719 g/mol. The summed E-state index contributed by atoms with van der Waals surface area (Å²) in [7, 11) is 0. The Hall–Kier alpha value is -1.33. The minimum Gasteiger partial charge on any atom is -0.394 e. The van der Waals surface area contributed by atoms with E-state index in [0.29, 0.717) is 6.42 Å². The topological polar surface area (TPSA) is 149 Å². The Kier molecular flexibility index (Phi) is 36.6. The van der Waals surface area contributed by atoms with Gasteiger partial charge in [-0.2, -0.15) is 0 Å². The first-order chi connectivity index (χ1) is 27.8. The molecule has 6 N–H and O–H groups in total. The molecule has 0 saturated carbocycles. The minimum atomic E-state index is -1.56. The SMILES string of the molecule is CCCCCCCC/C=C/CCCCCCCCCCCCCC(=O)N[C@@H](CO[C@@H]1O[C@H](CO)[C@@H](O)[C@H](O)[C@H]1O)[C@H](O)/C=C/CCCCCCCCCCCCC. The Morgan fingerprint density at radius 2 is 0.982 bits per heavy atom. The van der Waals surface area contributed by atoms with Gasteiger partial charge < -0.3 is 40.3 Å². The van der Waals surface area contributed by atoms with E-state index in [4.69, 9.17) is 9.47 Å². The Balaban J connectivity index is 2.29. The summed E-state index contributed by atoms with van der Waals surface area (Å²) in [6.45, 7) is 3.77. The number of unbranched alkanes of at least 4 members (excludes halogenated alkanes) is 28. The van der Waals surface area contributed by atoms with Crippen LogP contribution in [0, 0.1) is 0 Å². The molecule has 0 unspecified atom stereocenters. The van der Waals surface area contributed by atoms with E-state index in [1.807, 2.05) is 6.08 Å². The largest absolute Gasteiger partial charge is 0.394 e. The maximum Gasteiger partial charge on any atom is 0.220 e. The van der Waals surface area contributed by atoms with E-state index in [-0.39, 0.29) is 12.5 Å². The van der Waals surface area contributed by atoms with Gasteiger partial charge in [-0.05, 0) is 44.9 Å². The average molecular weight is 810 g/mol. The maximum absolute atomic E-state index is 13.0. The van der Waals surface area contributed by atoms with Crippen molar-refractivity contribution >= 4 is 5.91 Å². The van der Waals surface area contributed by atoms with E-state index in [0.717, 1.165) is 38.5 Å². The molecule has 9 nitrogen and oxygen atoms in total. The van der Waals surface area contributed by atoms with E-state index < -0.39 is 49.5 Å². The lowest BCUT2D eigenvalue weighted by Crippen LogP contribution is -2.60. The summed E-state index contributed by atoms with van der Waals surface area (Å²) in [5.41, 5.74) is 0. The van der Waals surface area contributed by atoms with Crippen LogP contribution < -0.4 is 5.32 Å². The fourth-order valence-electron chi connectivity index (χ4n) is 7.62. The van der Waals surface area contributed by atoms with Gasteiger partial charge in [0.2, 0.25) is 5.91 Å². The molecule has 336 valence electrons. The van der Waals surface area contributed by atoms with Crippen molar-refractivity contribution in [2.45, 2.75) is 262 Å². The molecule has 9 heteroatoms. The molecule has 0 aromatic rings. The molecule has 0 aliphatic carbocycles. The summed E-state index contributed by atoms with van der Waals surface area (Å²) in [4.78, 5) is 13.0. The molecule has 57 heavy (non-hydrogen) atoms. The van der Waals surface area contributed by atoms with Gasteiger partial charge in [0, 0.05) is 6.42 Å². The number of aliphatic hydroxyl groups is 5. The zero-order chi connectivity index (χ0) is 41.6. The summed E-state index contributed by atoms with van der Waals surface area (Å²) in [5.74, 6) is -0.177. The molecule has 0 spiro atoms. The first-order valence-corrected chi connectivity index (χ1v) is 24.1. The number of rotatable bonds is 40. The van der Waals surface area contributed by atoms with Gasteiger partial charge in [-0.3, -0.25) is 4.79 Å².